The number of carbonyl (C=O) groups excluding carboxylic acids is 1. The predicted molar refractivity (Wildman–Crippen MR) is 79.6 cm³/mol. The van der Waals surface area contributed by atoms with E-state index in [4.69, 9.17) is 0 Å². The summed E-state index contributed by atoms with van der Waals surface area (Å²) < 4.78 is 0. The normalized spacial score (nSPS) is 19.9. The third kappa shape index (κ3) is 2.41. The molecule has 2 heterocycles. The molecule has 1 aromatic carbocycles. The van der Waals surface area contributed by atoms with Crippen molar-refractivity contribution in [3.05, 3.63) is 24.3 Å². The van der Waals surface area contributed by atoms with Crippen LogP contribution in [0.15, 0.2) is 24.3 Å². The number of aromatic amines is 1. The zero-order valence-electron chi connectivity index (χ0n) is 11.9. The van der Waals surface area contributed by atoms with Crippen molar-refractivity contribution in [1.29, 1.82) is 0 Å². The lowest BCUT2D eigenvalue weighted by molar-refractivity contribution is -0.120. The number of imidazole rings is 1. The van der Waals surface area contributed by atoms with Crippen LogP contribution < -0.4 is 5.32 Å². The molecule has 1 aliphatic heterocycles. The number of hydrogen-bond acceptors (Lipinski definition) is 3. The highest BCUT2D eigenvalue weighted by molar-refractivity contribution is 5.95. The van der Waals surface area contributed by atoms with Crippen molar-refractivity contribution in [2.75, 3.05) is 11.9 Å². The van der Waals surface area contributed by atoms with Crippen LogP contribution in [-0.2, 0) is 4.79 Å². The lowest BCUT2D eigenvalue weighted by atomic mass is 10.2. The van der Waals surface area contributed by atoms with Crippen LogP contribution in [0.25, 0.3) is 11.0 Å². The van der Waals surface area contributed by atoms with Gasteiger partial charge in [0.25, 0.3) is 0 Å². The molecule has 1 saturated heterocycles. The predicted octanol–water partition coefficient (Wildman–Crippen LogP) is 2.37. The summed E-state index contributed by atoms with van der Waals surface area (Å²) in [5.41, 5.74) is 1.81. The van der Waals surface area contributed by atoms with Crippen molar-refractivity contribution in [3.8, 4) is 0 Å². The number of nitrogens with one attached hydrogen (secondary N) is 2. The molecule has 1 atom stereocenters. The summed E-state index contributed by atoms with van der Waals surface area (Å²) in [6, 6.07) is 8.12. The molecule has 0 bridgehead atoms. The zero-order chi connectivity index (χ0) is 14.1. The first kappa shape index (κ1) is 13.1. The van der Waals surface area contributed by atoms with Crippen LogP contribution in [0.1, 0.15) is 26.7 Å². The van der Waals surface area contributed by atoms with Gasteiger partial charge in [0.15, 0.2) is 0 Å². The fourth-order valence-electron chi connectivity index (χ4n) is 2.90. The first-order valence-corrected chi connectivity index (χ1v) is 7.16. The summed E-state index contributed by atoms with van der Waals surface area (Å²) in [6.45, 7) is 5.26. The van der Waals surface area contributed by atoms with Gasteiger partial charge in [0.05, 0.1) is 17.1 Å². The Bertz CT molecular complexity index is 586. The molecule has 1 aliphatic rings. The summed E-state index contributed by atoms with van der Waals surface area (Å²) in [6.07, 6.45) is 2.00. The summed E-state index contributed by atoms with van der Waals surface area (Å²) in [4.78, 5) is 22.2. The van der Waals surface area contributed by atoms with E-state index in [0.717, 1.165) is 30.4 Å². The summed E-state index contributed by atoms with van der Waals surface area (Å²) in [7, 11) is 0. The summed E-state index contributed by atoms with van der Waals surface area (Å²) >= 11 is 0. The van der Waals surface area contributed by atoms with Gasteiger partial charge in [0.1, 0.15) is 0 Å². The highest BCUT2D eigenvalue weighted by Crippen LogP contribution is 2.21. The lowest BCUT2D eigenvalue weighted by Gasteiger charge is -2.26. The van der Waals surface area contributed by atoms with Gasteiger partial charge in [-0.2, -0.15) is 0 Å². The minimum absolute atomic E-state index is 0.0373. The molecule has 0 aliphatic carbocycles. The maximum atomic E-state index is 12.4. The number of carbonyl (C=O) groups is 1. The second kappa shape index (κ2) is 5.25. The number of likely N-dealkylation sites (tertiary alicyclic amines) is 1. The Labute approximate surface area is 118 Å². The second-order valence-corrected chi connectivity index (χ2v) is 5.58. The molecule has 5 heteroatoms. The molecular weight excluding hydrogens is 252 g/mol. The standard InChI is InChI=1S/C15H20N4O/c1-10(2)19-9-5-8-13(19)14(20)18-15-16-11-6-3-4-7-12(11)17-15/h3-4,6-7,10,13H,5,8-9H2,1-2H3,(H2,16,17,18,20)/t13-/m0/s1. The van der Waals surface area contributed by atoms with Crippen molar-refractivity contribution < 1.29 is 4.79 Å². The van der Waals surface area contributed by atoms with Crippen molar-refractivity contribution >= 4 is 22.9 Å². The average Bonchev–Trinajstić information content (AvgIpc) is 3.04. The molecule has 1 aromatic heterocycles. The summed E-state index contributed by atoms with van der Waals surface area (Å²) in [5.74, 6) is 0.571. The molecule has 2 N–H and O–H groups in total. The molecule has 5 nitrogen and oxygen atoms in total. The van der Waals surface area contributed by atoms with Gasteiger partial charge >= 0.3 is 0 Å². The van der Waals surface area contributed by atoms with Gasteiger partial charge in [-0.25, -0.2) is 4.98 Å². The number of H-pyrrole nitrogens is 1. The van der Waals surface area contributed by atoms with E-state index < -0.39 is 0 Å². The molecule has 2 aromatic rings. The van der Waals surface area contributed by atoms with Gasteiger partial charge in [-0.3, -0.25) is 15.0 Å². The van der Waals surface area contributed by atoms with E-state index >= 15 is 0 Å². The van der Waals surface area contributed by atoms with Gasteiger partial charge in [-0.05, 0) is 45.4 Å². The quantitative estimate of drug-likeness (QED) is 0.901. The molecular formula is C15H20N4O. The largest absolute Gasteiger partial charge is 0.324 e. The Morgan fingerprint density at radius 3 is 3.00 bits per heavy atom. The van der Waals surface area contributed by atoms with Crippen LogP contribution in [0.2, 0.25) is 0 Å². The Kier molecular flexibility index (Phi) is 3.44. The number of amides is 1. The third-order valence-corrected chi connectivity index (χ3v) is 3.89. The molecule has 0 spiro atoms. The highest BCUT2D eigenvalue weighted by atomic mass is 16.2. The van der Waals surface area contributed by atoms with Crippen LogP contribution in [0, 0.1) is 0 Å². The van der Waals surface area contributed by atoms with Gasteiger partial charge in [0, 0.05) is 6.04 Å². The topological polar surface area (TPSA) is 61.0 Å². The van der Waals surface area contributed by atoms with Crippen molar-refractivity contribution in [1.82, 2.24) is 14.9 Å². The van der Waals surface area contributed by atoms with Crippen molar-refractivity contribution in [2.24, 2.45) is 0 Å². The number of rotatable bonds is 3. The number of aromatic nitrogens is 2. The second-order valence-electron chi connectivity index (χ2n) is 5.58. The molecule has 0 radical (unpaired) electrons. The van der Waals surface area contributed by atoms with E-state index in [-0.39, 0.29) is 11.9 Å². The van der Waals surface area contributed by atoms with E-state index in [1.807, 2.05) is 24.3 Å². The maximum absolute atomic E-state index is 12.4. The van der Waals surface area contributed by atoms with Gasteiger partial charge < -0.3 is 4.98 Å². The summed E-state index contributed by atoms with van der Waals surface area (Å²) in [5, 5.41) is 2.91. The van der Waals surface area contributed by atoms with Gasteiger partial charge in [0.2, 0.25) is 11.9 Å². The Hall–Kier alpha value is -1.88. The van der Waals surface area contributed by atoms with E-state index in [0.29, 0.717) is 12.0 Å². The number of hydrogen-bond donors (Lipinski definition) is 2. The monoisotopic (exact) mass is 272 g/mol. The first-order chi connectivity index (χ1) is 9.65. The lowest BCUT2D eigenvalue weighted by Crippen LogP contribution is -2.43. The average molecular weight is 272 g/mol. The van der Waals surface area contributed by atoms with E-state index in [2.05, 4.69) is 34.0 Å². The Morgan fingerprint density at radius 2 is 2.25 bits per heavy atom. The van der Waals surface area contributed by atoms with E-state index in [1.54, 1.807) is 0 Å². The van der Waals surface area contributed by atoms with Crippen LogP contribution in [0.4, 0.5) is 5.95 Å². The number of para-hydroxylation sites is 2. The molecule has 1 fully saturated rings. The maximum Gasteiger partial charge on any atom is 0.244 e. The third-order valence-electron chi connectivity index (χ3n) is 3.89. The highest BCUT2D eigenvalue weighted by Gasteiger charge is 2.32. The number of fused-ring (bicyclic) bond motifs is 1. The SMILES string of the molecule is CC(C)N1CCC[C@H]1C(=O)Nc1nc2ccccc2[nH]1. The smallest absolute Gasteiger partial charge is 0.244 e. The van der Waals surface area contributed by atoms with E-state index in [9.17, 15) is 4.79 Å². The van der Waals surface area contributed by atoms with Crippen LogP contribution in [-0.4, -0.2) is 39.4 Å². The number of anilines is 1. The molecule has 1 amide bonds. The van der Waals surface area contributed by atoms with E-state index in [1.165, 1.54) is 0 Å². The van der Waals surface area contributed by atoms with Crippen LogP contribution in [0.3, 0.4) is 0 Å². The van der Waals surface area contributed by atoms with Crippen molar-refractivity contribution in [2.45, 2.75) is 38.8 Å². The van der Waals surface area contributed by atoms with Crippen LogP contribution >= 0.6 is 0 Å². The fraction of sp³-hybridized carbons (Fsp3) is 0.467. The number of nitrogens with zero attached hydrogens (tertiary/aromatic N) is 2. The fourth-order valence-corrected chi connectivity index (χ4v) is 2.90. The molecule has 106 valence electrons. The molecule has 3 rings (SSSR count). The zero-order valence-corrected chi connectivity index (χ0v) is 11.9. The van der Waals surface area contributed by atoms with Gasteiger partial charge in [-0.1, -0.05) is 12.1 Å². The first-order valence-electron chi connectivity index (χ1n) is 7.16. The molecule has 0 unspecified atom stereocenters. The molecule has 20 heavy (non-hydrogen) atoms. The Morgan fingerprint density at radius 1 is 1.45 bits per heavy atom. The van der Waals surface area contributed by atoms with Crippen molar-refractivity contribution in [3.63, 3.8) is 0 Å². The van der Waals surface area contributed by atoms with Crippen LogP contribution in [0.5, 0.6) is 0 Å². The minimum atomic E-state index is -0.0387. The van der Waals surface area contributed by atoms with Gasteiger partial charge in [-0.15, -0.1) is 0 Å². The Balaban J connectivity index is 1.75. The molecule has 0 saturated carbocycles. The minimum Gasteiger partial charge on any atom is -0.324 e. The number of benzene rings is 1.